The molecule has 0 unspecified atom stereocenters. The molecule has 0 spiro atoms. The highest BCUT2D eigenvalue weighted by atomic mass is 35.5. The zero-order valence-corrected chi connectivity index (χ0v) is 7.32. The standard InChI is InChI=1S/C8H4ClF3O2/c9-4-1-2-5(7(13)14)6(3-4)8(10,11)12/h1-3H,(H,13,14)/p-1. The summed E-state index contributed by atoms with van der Waals surface area (Å²) in [5, 5.41) is 10.1. The zero-order valence-electron chi connectivity index (χ0n) is 6.56. The summed E-state index contributed by atoms with van der Waals surface area (Å²) in [5.41, 5.74) is -2.22. The van der Waals surface area contributed by atoms with Gasteiger partial charge in [0.2, 0.25) is 0 Å². The number of aromatic carboxylic acids is 1. The van der Waals surface area contributed by atoms with Crippen LogP contribution in [0.2, 0.25) is 5.02 Å². The molecule has 2 nitrogen and oxygen atoms in total. The fourth-order valence-electron chi connectivity index (χ4n) is 0.929. The van der Waals surface area contributed by atoms with Crippen molar-refractivity contribution in [2.75, 3.05) is 0 Å². The number of hydrogen-bond donors (Lipinski definition) is 0. The zero-order chi connectivity index (χ0) is 10.9. The van der Waals surface area contributed by atoms with E-state index in [0.29, 0.717) is 6.07 Å². The fraction of sp³-hybridized carbons (Fsp3) is 0.125. The lowest BCUT2D eigenvalue weighted by Gasteiger charge is -2.13. The molecule has 0 heterocycles. The molecule has 0 N–H and O–H groups in total. The van der Waals surface area contributed by atoms with Gasteiger partial charge in [-0.25, -0.2) is 0 Å². The van der Waals surface area contributed by atoms with Crippen LogP contribution in [0.15, 0.2) is 18.2 Å². The lowest BCUT2D eigenvalue weighted by atomic mass is 10.1. The molecule has 76 valence electrons. The lowest BCUT2D eigenvalue weighted by Crippen LogP contribution is -2.26. The number of hydrogen-bond acceptors (Lipinski definition) is 2. The van der Waals surface area contributed by atoms with Gasteiger partial charge in [0, 0.05) is 10.6 Å². The molecular weight excluding hydrogens is 221 g/mol. The van der Waals surface area contributed by atoms with E-state index in [1.165, 1.54) is 0 Å². The van der Waals surface area contributed by atoms with Gasteiger partial charge >= 0.3 is 6.18 Å². The van der Waals surface area contributed by atoms with Crippen molar-refractivity contribution in [3.63, 3.8) is 0 Å². The van der Waals surface area contributed by atoms with Gasteiger partial charge < -0.3 is 9.90 Å². The monoisotopic (exact) mass is 223 g/mol. The molecule has 1 aromatic carbocycles. The Balaban J connectivity index is 3.38. The number of carbonyl (C=O) groups excluding carboxylic acids is 1. The van der Waals surface area contributed by atoms with Crippen LogP contribution in [-0.4, -0.2) is 5.97 Å². The van der Waals surface area contributed by atoms with E-state index in [1.54, 1.807) is 0 Å². The Morgan fingerprint density at radius 2 is 1.93 bits per heavy atom. The molecule has 6 heteroatoms. The van der Waals surface area contributed by atoms with Crippen LogP contribution in [0.4, 0.5) is 13.2 Å². The molecule has 1 rings (SSSR count). The Kier molecular flexibility index (Phi) is 2.71. The summed E-state index contributed by atoms with van der Waals surface area (Å²) in [4.78, 5) is 10.3. The molecule has 0 aromatic heterocycles. The SMILES string of the molecule is O=C([O-])c1ccc(Cl)cc1C(F)(F)F. The summed E-state index contributed by atoms with van der Waals surface area (Å²) in [6, 6.07) is 2.37. The summed E-state index contributed by atoms with van der Waals surface area (Å²) in [7, 11) is 0. The highest BCUT2D eigenvalue weighted by Crippen LogP contribution is 2.33. The molecule has 0 saturated carbocycles. The minimum atomic E-state index is -4.75. The molecule has 0 aliphatic heterocycles. The number of rotatable bonds is 1. The second kappa shape index (κ2) is 3.49. The fourth-order valence-corrected chi connectivity index (χ4v) is 1.10. The smallest absolute Gasteiger partial charge is 0.417 e. The number of carboxylic acids is 1. The van der Waals surface area contributed by atoms with Crippen molar-refractivity contribution >= 4 is 17.6 Å². The van der Waals surface area contributed by atoms with Crippen molar-refractivity contribution in [1.29, 1.82) is 0 Å². The molecule has 0 bridgehead atoms. The maximum absolute atomic E-state index is 12.2. The third-order valence-electron chi connectivity index (χ3n) is 1.51. The van der Waals surface area contributed by atoms with Gasteiger partial charge in [0.1, 0.15) is 0 Å². The van der Waals surface area contributed by atoms with Crippen LogP contribution in [0.5, 0.6) is 0 Å². The van der Waals surface area contributed by atoms with Crippen LogP contribution in [-0.2, 0) is 6.18 Å². The van der Waals surface area contributed by atoms with E-state index in [9.17, 15) is 23.1 Å². The predicted octanol–water partition coefficient (Wildman–Crippen LogP) is 1.72. The first-order valence-electron chi connectivity index (χ1n) is 3.40. The number of carboxylic acid groups (broad SMARTS) is 1. The highest BCUT2D eigenvalue weighted by Gasteiger charge is 2.33. The van der Waals surface area contributed by atoms with Gasteiger partial charge in [0.05, 0.1) is 11.5 Å². The maximum Gasteiger partial charge on any atom is 0.417 e. The second-order valence-electron chi connectivity index (χ2n) is 2.48. The first kappa shape index (κ1) is 10.8. The minimum absolute atomic E-state index is 0.178. The average Bonchev–Trinajstić information content (AvgIpc) is 2.01. The van der Waals surface area contributed by atoms with Crippen molar-refractivity contribution in [2.24, 2.45) is 0 Å². The third kappa shape index (κ3) is 2.17. The molecule has 0 amide bonds. The molecule has 0 atom stereocenters. The largest absolute Gasteiger partial charge is 0.545 e. The van der Waals surface area contributed by atoms with E-state index in [0.717, 1.165) is 12.1 Å². The summed E-state index contributed by atoms with van der Waals surface area (Å²) in [6.45, 7) is 0. The maximum atomic E-state index is 12.2. The Morgan fingerprint density at radius 1 is 1.36 bits per heavy atom. The number of halogens is 4. The third-order valence-corrected chi connectivity index (χ3v) is 1.74. The van der Waals surface area contributed by atoms with Gasteiger partial charge in [-0.1, -0.05) is 17.7 Å². The minimum Gasteiger partial charge on any atom is -0.545 e. The molecule has 14 heavy (non-hydrogen) atoms. The summed E-state index contributed by atoms with van der Waals surface area (Å²) in [5.74, 6) is -1.88. The number of benzene rings is 1. The van der Waals surface area contributed by atoms with Gasteiger partial charge in [0.25, 0.3) is 0 Å². The molecular formula is C8H3ClF3O2-. The quantitative estimate of drug-likeness (QED) is 0.727. The van der Waals surface area contributed by atoms with Crippen LogP contribution in [0.25, 0.3) is 0 Å². The number of alkyl halides is 3. The molecule has 1 aromatic rings. The van der Waals surface area contributed by atoms with Crippen molar-refractivity contribution in [1.82, 2.24) is 0 Å². The predicted molar refractivity (Wildman–Crippen MR) is 40.8 cm³/mol. The van der Waals surface area contributed by atoms with E-state index in [1.807, 2.05) is 0 Å². The molecule has 0 aliphatic rings. The van der Waals surface area contributed by atoms with Crippen LogP contribution in [0.1, 0.15) is 15.9 Å². The summed E-state index contributed by atoms with van der Waals surface area (Å²) in [6.07, 6.45) is -4.75. The van der Waals surface area contributed by atoms with Gasteiger partial charge in [-0.05, 0) is 12.1 Å². The van der Waals surface area contributed by atoms with Gasteiger partial charge in [-0.3, -0.25) is 0 Å². The highest BCUT2D eigenvalue weighted by molar-refractivity contribution is 6.30. The van der Waals surface area contributed by atoms with Crippen LogP contribution >= 0.6 is 11.6 Å². The van der Waals surface area contributed by atoms with Crippen LogP contribution in [0.3, 0.4) is 0 Å². The topological polar surface area (TPSA) is 40.1 Å². The molecule has 0 radical (unpaired) electrons. The van der Waals surface area contributed by atoms with E-state index >= 15 is 0 Å². The Morgan fingerprint density at radius 3 is 2.36 bits per heavy atom. The summed E-state index contributed by atoms with van der Waals surface area (Å²) >= 11 is 5.31. The Labute approximate surface area is 81.9 Å². The van der Waals surface area contributed by atoms with Gasteiger partial charge in [-0.15, -0.1) is 0 Å². The van der Waals surface area contributed by atoms with Gasteiger partial charge in [0.15, 0.2) is 0 Å². The van der Waals surface area contributed by atoms with Crippen molar-refractivity contribution in [3.05, 3.63) is 34.3 Å². The van der Waals surface area contributed by atoms with Crippen molar-refractivity contribution in [3.8, 4) is 0 Å². The van der Waals surface area contributed by atoms with Crippen LogP contribution in [0, 0.1) is 0 Å². The van der Waals surface area contributed by atoms with E-state index in [-0.39, 0.29) is 5.02 Å². The van der Waals surface area contributed by atoms with Crippen LogP contribution < -0.4 is 5.11 Å². The molecule has 0 saturated heterocycles. The normalized spacial score (nSPS) is 11.4. The van der Waals surface area contributed by atoms with E-state index in [2.05, 4.69) is 0 Å². The van der Waals surface area contributed by atoms with E-state index in [4.69, 9.17) is 11.6 Å². The number of carbonyl (C=O) groups is 1. The first-order chi connectivity index (χ1) is 6.32. The molecule has 0 aliphatic carbocycles. The average molecular weight is 224 g/mol. The summed E-state index contributed by atoms with van der Waals surface area (Å²) < 4.78 is 36.7. The first-order valence-corrected chi connectivity index (χ1v) is 3.78. The lowest BCUT2D eigenvalue weighted by molar-refractivity contribution is -0.255. The van der Waals surface area contributed by atoms with Gasteiger partial charge in [-0.2, -0.15) is 13.2 Å². The molecule has 0 fully saturated rings. The Bertz CT molecular complexity index is 373. The van der Waals surface area contributed by atoms with Crippen molar-refractivity contribution < 1.29 is 23.1 Å². The second-order valence-corrected chi connectivity index (χ2v) is 2.91. The van der Waals surface area contributed by atoms with Crippen molar-refractivity contribution in [2.45, 2.75) is 6.18 Å². The van der Waals surface area contributed by atoms with E-state index < -0.39 is 23.3 Å². The Hall–Kier alpha value is -1.23.